The first-order valence-corrected chi connectivity index (χ1v) is 12.4. The maximum absolute atomic E-state index is 13.1. The van der Waals surface area contributed by atoms with Gasteiger partial charge in [0.2, 0.25) is 23.6 Å². The van der Waals surface area contributed by atoms with E-state index in [2.05, 4.69) is 10.2 Å². The van der Waals surface area contributed by atoms with Gasteiger partial charge in [-0.2, -0.15) is 0 Å². The highest BCUT2D eigenvalue weighted by molar-refractivity contribution is 5.81. The number of amides is 2. The molecule has 0 unspecified atom stereocenters. The zero-order valence-electron chi connectivity index (χ0n) is 19.8. The number of carbonyl (C=O) groups excluding carboxylic acids is 2. The van der Waals surface area contributed by atoms with Crippen LogP contribution in [0.5, 0.6) is 0 Å². The van der Waals surface area contributed by atoms with Crippen molar-refractivity contribution in [2.45, 2.75) is 96.6 Å². The topological polar surface area (TPSA) is 88.8 Å². The van der Waals surface area contributed by atoms with Crippen molar-refractivity contribution in [3.05, 3.63) is 11.8 Å². The van der Waals surface area contributed by atoms with Gasteiger partial charge in [0.05, 0.1) is 12.5 Å². The second kappa shape index (κ2) is 9.89. The highest BCUT2D eigenvalue weighted by Gasteiger charge is 2.36. The van der Waals surface area contributed by atoms with E-state index in [0.717, 1.165) is 64.5 Å². The number of likely N-dealkylation sites (tertiary alicyclic amines) is 2. The summed E-state index contributed by atoms with van der Waals surface area (Å²) in [4.78, 5) is 29.5. The SMILES string of the molecule is CC(C)(C)C(=O)N1CCC(c2nnc([C@H]3CCCCN3C(=O)C[C@H]3CCCCO3)o2)CC1. The molecule has 3 aliphatic heterocycles. The molecule has 32 heavy (non-hydrogen) atoms. The molecular weight excluding hydrogens is 408 g/mol. The lowest BCUT2D eigenvalue weighted by Gasteiger charge is -2.35. The average molecular weight is 447 g/mol. The number of ether oxygens (including phenoxy) is 1. The van der Waals surface area contributed by atoms with E-state index in [1.807, 2.05) is 30.6 Å². The van der Waals surface area contributed by atoms with E-state index in [4.69, 9.17) is 9.15 Å². The molecule has 1 aromatic heterocycles. The summed E-state index contributed by atoms with van der Waals surface area (Å²) in [6.07, 6.45) is 8.25. The average Bonchev–Trinajstić information content (AvgIpc) is 3.29. The van der Waals surface area contributed by atoms with Gasteiger partial charge < -0.3 is 19.0 Å². The third-order valence-corrected chi connectivity index (χ3v) is 7.01. The number of hydrogen-bond donors (Lipinski definition) is 0. The maximum Gasteiger partial charge on any atom is 0.238 e. The smallest absolute Gasteiger partial charge is 0.238 e. The molecule has 2 amide bonds. The molecule has 0 N–H and O–H groups in total. The first kappa shape index (κ1) is 23.2. The number of rotatable bonds is 4. The van der Waals surface area contributed by atoms with E-state index >= 15 is 0 Å². The molecule has 3 fully saturated rings. The maximum atomic E-state index is 13.1. The molecule has 1 aromatic rings. The lowest BCUT2D eigenvalue weighted by molar-refractivity contribution is -0.140. The molecule has 4 rings (SSSR count). The second-order valence-electron chi connectivity index (χ2n) is 10.6. The Morgan fingerprint density at radius 3 is 2.34 bits per heavy atom. The molecule has 4 heterocycles. The molecule has 0 radical (unpaired) electrons. The largest absolute Gasteiger partial charge is 0.423 e. The van der Waals surface area contributed by atoms with Crippen molar-refractivity contribution >= 4 is 11.8 Å². The van der Waals surface area contributed by atoms with Gasteiger partial charge in [-0.15, -0.1) is 10.2 Å². The van der Waals surface area contributed by atoms with Gasteiger partial charge in [0.25, 0.3) is 0 Å². The lowest BCUT2D eigenvalue weighted by atomic mass is 9.91. The molecule has 0 bridgehead atoms. The standard InChI is InChI=1S/C24H38N4O4/c1-24(2,3)23(30)27-13-10-17(11-14-27)21-25-26-22(32-21)19-9-4-6-12-28(19)20(29)16-18-8-5-7-15-31-18/h17-19H,4-16H2,1-3H3/t18-,19-/m1/s1. The van der Waals surface area contributed by atoms with Gasteiger partial charge in [-0.25, -0.2) is 0 Å². The predicted octanol–water partition coefficient (Wildman–Crippen LogP) is 3.83. The third-order valence-electron chi connectivity index (χ3n) is 7.01. The van der Waals surface area contributed by atoms with Gasteiger partial charge in [0.15, 0.2) is 0 Å². The quantitative estimate of drug-likeness (QED) is 0.698. The van der Waals surface area contributed by atoms with Crippen LogP contribution in [-0.2, 0) is 14.3 Å². The van der Waals surface area contributed by atoms with Gasteiger partial charge >= 0.3 is 0 Å². The van der Waals surface area contributed by atoms with Crippen molar-refractivity contribution in [1.82, 2.24) is 20.0 Å². The Labute approximate surface area is 191 Å². The summed E-state index contributed by atoms with van der Waals surface area (Å²) in [7, 11) is 0. The van der Waals surface area contributed by atoms with Crippen LogP contribution in [0, 0.1) is 5.41 Å². The van der Waals surface area contributed by atoms with E-state index in [1.165, 1.54) is 0 Å². The molecule has 3 saturated heterocycles. The molecule has 8 nitrogen and oxygen atoms in total. The van der Waals surface area contributed by atoms with Crippen LogP contribution in [0.3, 0.4) is 0 Å². The zero-order chi connectivity index (χ0) is 22.7. The van der Waals surface area contributed by atoms with Gasteiger partial charge in [0, 0.05) is 37.6 Å². The van der Waals surface area contributed by atoms with Crippen LogP contribution in [0.1, 0.15) is 102 Å². The molecular formula is C24H38N4O4. The summed E-state index contributed by atoms with van der Waals surface area (Å²) in [6, 6.07) is -0.136. The van der Waals surface area contributed by atoms with Crippen LogP contribution in [0.25, 0.3) is 0 Å². The van der Waals surface area contributed by atoms with Gasteiger partial charge in [-0.3, -0.25) is 9.59 Å². The van der Waals surface area contributed by atoms with E-state index in [-0.39, 0.29) is 35.3 Å². The van der Waals surface area contributed by atoms with Crippen molar-refractivity contribution < 1.29 is 18.7 Å². The first-order valence-electron chi connectivity index (χ1n) is 12.4. The molecule has 2 atom stereocenters. The Bertz CT molecular complexity index is 788. The Kier molecular flexibility index (Phi) is 7.17. The molecule has 0 aromatic carbocycles. The van der Waals surface area contributed by atoms with E-state index in [1.54, 1.807) is 0 Å². The number of hydrogen-bond acceptors (Lipinski definition) is 6. The Morgan fingerprint density at radius 1 is 0.938 bits per heavy atom. The van der Waals surface area contributed by atoms with Gasteiger partial charge in [0.1, 0.15) is 6.04 Å². The zero-order valence-corrected chi connectivity index (χ0v) is 19.8. The Balaban J connectivity index is 1.37. The number of aromatic nitrogens is 2. The monoisotopic (exact) mass is 446 g/mol. The van der Waals surface area contributed by atoms with Crippen LogP contribution in [0.2, 0.25) is 0 Å². The summed E-state index contributed by atoms with van der Waals surface area (Å²) >= 11 is 0. The van der Waals surface area contributed by atoms with Crippen molar-refractivity contribution in [2.24, 2.45) is 5.41 Å². The van der Waals surface area contributed by atoms with Crippen molar-refractivity contribution in [3.63, 3.8) is 0 Å². The van der Waals surface area contributed by atoms with Crippen LogP contribution in [-0.4, -0.2) is 64.2 Å². The molecule has 0 saturated carbocycles. The number of piperidine rings is 2. The fraction of sp³-hybridized carbons (Fsp3) is 0.833. The summed E-state index contributed by atoms with van der Waals surface area (Å²) in [5.74, 6) is 1.71. The molecule has 0 spiro atoms. The Morgan fingerprint density at radius 2 is 1.66 bits per heavy atom. The summed E-state index contributed by atoms with van der Waals surface area (Å²) in [5.41, 5.74) is -0.357. The summed E-state index contributed by atoms with van der Waals surface area (Å²) < 4.78 is 11.9. The van der Waals surface area contributed by atoms with E-state index < -0.39 is 0 Å². The van der Waals surface area contributed by atoms with Crippen LogP contribution < -0.4 is 0 Å². The summed E-state index contributed by atoms with van der Waals surface area (Å²) in [5, 5.41) is 8.73. The summed E-state index contributed by atoms with van der Waals surface area (Å²) in [6.45, 7) is 8.81. The fourth-order valence-electron chi connectivity index (χ4n) is 5.12. The Hall–Kier alpha value is -1.96. The van der Waals surface area contributed by atoms with Crippen LogP contribution in [0.4, 0.5) is 0 Å². The van der Waals surface area contributed by atoms with Gasteiger partial charge in [-0.05, 0) is 51.4 Å². The van der Waals surface area contributed by atoms with Crippen LogP contribution >= 0.6 is 0 Å². The van der Waals surface area contributed by atoms with Crippen molar-refractivity contribution in [2.75, 3.05) is 26.2 Å². The van der Waals surface area contributed by atoms with Gasteiger partial charge in [-0.1, -0.05) is 20.8 Å². The van der Waals surface area contributed by atoms with Crippen LogP contribution in [0.15, 0.2) is 4.42 Å². The second-order valence-corrected chi connectivity index (χ2v) is 10.6. The van der Waals surface area contributed by atoms with Crippen molar-refractivity contribution in [3.8, 4) is 0 Å². The molecule has 0 aliphatic carbocycles. The number of carbonyl (C=O) groups is 2. The molecule has 8 heteroatoms. The number of nitrogens with zero attached hydrogens (tertiary/aromatic N) is 4. The molecule has 178 valence electrons. The minimum atomic E-state index is -0.357. The normalized spacial score (nSPS) is 25.7. The fourth-order valence-corrected chi connectivity index (χ4v) is 5.12. The minimum absolute atomic E-state index is 0.0399. The lowest BCUT2D eigenvalue weighted by Crippen LogP contribution is -2.43. The van der Waals surface area contributed by atoms with Crippen molar-refractivity contribution in [1.29, 1.82) is 0 Å². The first-order chi connectivity index (χ1) is 15.3. The highest BCUT2D eigenvalue weighted by Crippen LogP contribution is 2.34. The predicted molar refractivity (Wildman–Crippen MR) is 119 cm³/mol. The highest BCUT2D eigenvalue weighted by atomic mass is 16.5. The van der Waals surface area contributed by atoms with E-state index in [9.17, 15) is 9.59 Å². The third kappa shape index (κ3) is 5.33. The van der Waals surface area contributed by atoms with E-state index in [0.29, 0.717) is 31.3 Å². The molecule has 3 aliphatic rings. The minimum Gasteiger partial charge on any atom is -0.423 e.